The van der Waals surface area contributed by atoms with Crippen molar-refractivity contribution < 1.29 is 9.90 Å². The van der Waals surface area contributed by atoms with E-state index in [4.69, 9.17) is 0 Å². The average Bonchev–Trinajstić information content (AvgIpc) is 2.79. The predicted octanol–water partition coefficient (Wildman–Crippen LogP) is 9.52. The van der Waals surface area contributed by atoms with Crippen molar-refractivity contribution in [2.75, 3.05) is 6.54 Å². The number of phenolic OH excluding ortho intramolecular Hbond substituents is 1. The van der Waals surface area contributed by atoms with Gasteiger partial charge in [0.05, 0.1) is 0 Å². The molecule has 0 saturated carbocycles. The molecule has 1 aromatic carbocycles. The van der Waals surface area contributed by atoms with Crippen LogP contribution in [0.2, 0.25) is 0 Å². The van der Waals surface area contributed by atoms with Crippen LogP contribution in [0.3, 0.4) is 0 Å². The van der Waals surface area contributed by atoms with Crippen LogP contribution in [0.1, 0.15) is 161 Å². The zero-order valence-corrected chi connectivity index (χ0v) is 25.0. The summed E-state index contributed by atoms with van der Waals surface area (Å²) in [5, 5.41) is 14.0. The molecule has 0 aromatic heterocycles. The molecule has 208 valence electrons. The lowest BCUT2D eigenvalue weighted by molar-refractivity contribution is -0.121. The summed E-state index contributed by atoms with van der Waals surface area (Å²) in [4.78, 5) is 12.4. The minimum Gasteiger partial charge on any atom is -0.507 e. The van der Waals surface area contributed by atoms with Crippen molar-refractivity contribution in [1.29, 1.82) is 0 Å². The number of aryl methyl sites for hydroxylation is 1. The van der Waals surface area contributed by atoms with E-state index in [1.54, 1.807) is 0 Å². The Bertz CT molecular complexity index is 704. The van der Waals surface area contributed by atoms with Crippen molar-refractivity contribution in [3.8, 4) is 5.75 Å². The van der Waals surface area contributed by atoms with Crippen LogP contribution in [0.5, 0.6) is 5.75 Å². The molecule has 1 aromatic rings. The van der Waals surface area contributed by atoms with Crippen LogP contribution in [-0.2, 0) is 22.0 Å². The molecule has 0 aliphatic carbocycles. The number of hydrogen-bond acceptors (Lipinski definition) is 2. The van der Waals surface area contributed by atoms with Gasteiger partial charge in [0.2, 0.25) is 5.91 Å². The van der Waals surface area contributed by atoms with Gasteiger partial charge in [0.15, 0.2) is 0 Å². The van der Waals surface area contributed by atoms with Crippen LogP contribution in [0, 0.1) is 0 Å². The molecule has 0 fully saturated rings. The third kappa shape index (κ3) is 13.7. The number of unbranched alkanes of at least 4 members (excludes halogenated alkanes) is 13. The predicted molar refractivity (Wildman–Crippen MR) is 157 cm³/mol. The number of aromatic hydroxyl groups is 1. The van der Waals surface area contributed by atoms with Crippen molar-refractivity contribution in [1.82, 2.24) is 5.32 Å². The van der Waals surface area contributed by atoms with Gasteiger partial charge in [0.25, 0.3) is 0 Å². The first-order valence-electron chi connectivity index (χ1n) is 15.1. The Labute approximate surface area is 224 Å². The molecule has 2 N–H and O–H groups in total. The van der Waals surface area contributed by atoms with Crippen LogP contribution in [-0.4, -0.2) is 17.6 Å². The molecule has 0 bridgehead atoms. The van der Waals surface area contributed by atoms with E-state index < -0.39 is 0 Å². The Morgan fingerprint density at radius 3 is 1.47 bits per heavy atom. The number of rotatable bonds is 18. The molecule has 0 radical (unpaired) electrons. The quantitative estimate of drug-likeness (QED) is 0.197. The van der Waals surface area contributed by atoms with Crippen LogP contribution in [0.25, 0.3) is 0 Å². The number of carbonyl (C=O) groups excluding carboxylic acids is 1. The monoisotopic (exact) mass is 501 g/mol. The largest absolute Gasteiger partial charge is 0.507 e. The Kier molecular flexibility index (Phi) is 15.4. The fourth-order valence-corrected chi connectivity index (χ4v) is 4.88. The van der Waals surface area contributed by atoms with Gasteiger partial charge in [0, 0.05) is 13.0 Å². The second kappa shape index (κ2) is 17.1. The standard InChI is InChI=1S/C33H59NO2/c1-8-9-10-11-12-13-14-15-16-17-18-19-20-21-24-34-30(35)23-22-27-25-28(32(2,3)4)31(36)29(26-27)33(5,6)7/h25-26,36H,8-24H2,1-7H3,(H,34,35). The maximum absolute atomic E-state index is 12.4. The molecule has 0 atom stereocenters. The molecule has 0 spiro atoms. The first-order valence-corrected chi connectivity index (χ1v) is 15.1. The molecule has 3 heteroatoms. The average molecular weight is 502 g/mol. The van der Waals surface area contributed by atoms with Gasteiger partial charge in [-0.15, -0.1) is 0 Å². The van der Waals surface area contributed by atoms with Gasteiger partial charge in [-0.2, -0.15) is 0 Å². The lowest BCUT2D eigenvalue weighted by atomic mass is 9.78. The van der Waals surface area contributed by atoms with Crippen molar-refractivity contribution in [2.24, 2.45) is 0 Å². The summed E-state index contributed by atoms with van der Waals surface area (Å²) in [6.45, 7) is 15.8. The summed E-state index contributed by atoms with van der Waals surface area (Å²) in [6, 6.07) is 4.18. The highest BCUT2D eigenvalue weighted by Crippen LogP contribution is 2.40. The third-order valence-corrected chi connectivity index (χ3v) is 7.28. The Hall–Kier alpha value is -1.51. The lowest BCUT2D eigenvalue weighted by Crippen LogP contribution is -2.24. The van der Waals surface area contributed by atoms with Crippen molar-refractivity contribution in [3.05, 3.63) is 28.8 Å². The topological polar surface area (TPSA) is 49.3 Å². The minimum atomic E-state index is -0.143. The van der Waals surface area contributed by atoms with Crippen molar-refractivity contribution in [2.45, 2.75) is 162 Å². The normalized spacial score (nSPS) is 12.2. The lowest BCUT2D eigenvalue weighted by Gasteiger charge is -2.28. The summed E-state index contributed by atoms with van der Waals surface area (Å²) in [6.07, 6.45) is 20.1. The van der Waals surface area contributed by atoms with E-state index in [1.165, 1.54) is 83.5 Å². The van der Waals surface area contributed by atoms with Gasteiger partial charge in [-0.1, -0.05) is 144 Å². The summed E-state index contributed by atoms with van der Waals surface area (Å²) in [5.41, 5.74) is 2.78. The highest BCUT2D eigenvalue weighted by molar-refractivity contribution is 5.76. The minimum absolute atomic E-state index is 0.132. The molecule has 1 amide bonds. The number of hydrogen-bond donors (Lipinski definition) is 2. The Balaban J connectivity index is 2.20. The molecular formula is C33H59NO2. The second-order valence-electron chi connectivity index (χ2n) is 13.0. The molecular weight excluding hydrogens is 442 g/mol. The van der Waals surface area contributed by atoms with Crippen LogP contribution in [0.15, 0.2) is 12.1 Å². The van der Waals surface area contributed by atoms with E-state index in [0.717, 1.165) is 29.7 Å². The smallest absolute Gasteiger partial charge is 0.220 e. The second-order valence-corrected chi connectivity index (χ2v) is 13.0. The van der Waals surface area contributed by atoms with E-state index in [-0.39, 0.29) is 16.7 Å². The van der Waals surface area contributed by atoms with Gasteiger partial charge < -0.3 is 10.4 Å². The fourth-order valence-electron chi connectivity index (χ4n) is 4.88. The van der Waals surface area contributed by atoms with E-state index in [1.807, 2.05) is 0 Å². The number of amides is 1. The molecule has 0 heterocycles. The van der Waals surface area contributed by atoms with Crippen molar-refractivity contribution in [3.63, 3.8) is 0 Å². The van der Waals surface area contributed by atoms with Crippen LogP contribution in [0.4, 0.5) is 0 Å². The third-order valence-electron chi connectivity index (χ3n) is 7.28. The molecule has 36 heavy (non-hydrogen) atoms. The molecule has 0 aliphatic heterocycles. The first kappa shape index (κ1) is 32.5. The maximum Gasteiger partial charge on any atom is 0.220 e. The SMILES string of the molecule is CCCCCCCCCCCCCCCCNC(=O)CCc1cc(C(C)(C)C)c(O)c(C(C)(C)C)c1. The molecule has 0 aliphatic rings. The highest BCUT2D eigenvalue weighted by Gasteiger charge is 2.26. The number of phenols is 1. The van der Waals surface area contributed by atoms with Gasteiger partial charge in [0.1, 0.15) is 5.75 Å². The van der Waals surface area contributed by atoms with E-state index in [9.17, 15) is 9.90 Å². The van der Waals surface area contributed by atoms with Gasteiger partial charge in [-0.25, -0.2) is 0 Å². The van der Waals surface area contributed by atoms with E-state index in [2.05, 4.69) is 65.9 Å². The van der Waals surface area contributed by atoms with Crippen LogP contribution < -0.4 is 5.32 Å². The molecule has 0 unspecified atom stereocenters. The fraction of sp³-hybridized carbons (Fsp3) is 0.788. The maximum atomic E-state index is 12.4. The summed E-state index contributed by atoms with van der Waals surface area (Å²) in [7, 11) is 0. The van der Waals surface area contributed by atoms with Crippen LogP contribution >= 0.6 is 0 Å². The van der Waals surface area contributed by atoms with E-state index >= 15 is 0 Å². The zero-order chi connectivity index (χ0) is 27.0. The summed E-state index contributed by atoms with van der Waals surface area (Å²) in [5.74, 6) is 0.536. The van der Waals surface area contributed by atoms with Gasteiger partial charge in [-0.3, -0.25) is 4.79 Å². The summed E-state index contributed by atoms with van der Waals surface area (Å²) < 4.78 is 0. The highest BCUT2D eigenvalue weighted by atomic mass is 16.3. The Morgan fingerprint density at radius 2 is 1.08 bits per heavy atom. The van der Waals surface area contributed by atoms with E-state index in [0.29, 0.717) is 18.6 Å². The van der Waals surface area contributed by atoms with Gasteiger partial charge in [-0.05, 0) is 40.4 Å². The molecule has 0 saturated heterocycles. The number of carbonyl (C=O) groups is 1. The summed E-state index contributed by atoms with van der Waals surface area (Å²) >= 11 is 0. The van der Waals surface area contributed by atoms with Crippen molar-refractivity contribution >= 4 is 5.91 Å². The first-order chi connectivity index (χ1) is 17.0. The van der Waals surface area contributed by atoms with Gasteiger partial charge >= 0.3 is 0 Å². The molecule has 1 rings (SSSR count). The zero-order valence-electron chi connectivity index (χ0n) is 25.0. The number of nitrogens with one attached hydrogen (secondary N) is 1. The molecule has 3 nitrogen and oxygen atoms in total. The number of benzene rings is 1. The Morgan fingerprint density at radius 1 is 0.694 bits per heavy atom.